The molecule has 0 aliphatic rings. The average Bonchev–Trinajstić information content (AvgIpc) is 2.32. The number of carbonyl (C=O) groups is 2. The molecule has 1 aromatic carbocycles. The zero-order valence-electron chi connectivity index (χ0n) is 11.3. The molecule has 0 spiro atoms. The van der Waals surface area contributed by atoms with Crippen LogP contribution in [0.2, 0.25) is 0 Å². The van der Waals surface area contributed by atoms with Gasteiger partial charge in [-0.1, -0.05) is 13.8 Å². The molecule has 0 aromatic heterocycles. The Labute approximate surface area is 115 Å². The lowest BCUT2D eigenvalue weighted by atomic mass is 9.97. The summed E-state index contributed by atoms with van der Waals surface area (Å²) >= 11 is 0. The van der Waals surface area contributed by atoms with Crippen molar-refractivity contribution < 1.29 is 23.5 Å². The van der Waals surface area contributed by atoms with Gasteiger partial charge in [0, 0.05) is 18.2 Å². The monoisotopic (exact) mass is 285 g/mol. The van der Waals surface area contributed by atoms with E-state index in [9.17, 15) is 18.4 Å². The number of hydrogen-bond acceptors (Lipinski definition) is 2. The quantitative estimate of drug-likeness (QED) is 0.843. The second kappa shape index (κ2) is 6.98. The van der Waals surface area contributed by atoms with Gasteiger partial charge < -0.3 is 10.4 Å². The van der Waals surface area contributed by atoms with Crippen molar-refractivity contribution in [3.8, 4) is 0 Å². The van der Waals surface area contributed by atoms with Crippen molar-refractivity contribution in [3.05, 3.63) is 35.4 Å². The highest BCUT2D eigenvalue weighted by atomic mass is 19.1. The van der Waals surface area contributed by atoms with Crippen molar-refractivity contribution in [3.63, 3.8) is 0 Å². The van der Waals surface area contributed by atoms with E-state index in [-0.39, 0.29) is 18.0 Å². The van der Waals surface area contributed by atoms with Crippen LogP contribution < -0.4 is 5.32 Å². The van der Waals surface area contributed by atoms with E-state index in [0.717, 1.165) is 12.1 Å². The van der Waals surface area contributed by atoms with Gasteiger partial charge in [-0.05, 0) is 24.5 Å². The third-order valence-corrected chi connectivity index (χ3v) is 2.74. The Hall–Kier alpha value is -1.98. The molecule has 0 fully saturated rings. The molecule has 0 aliphatic carbocycles. The number of halogens is 2. The number of carbonyl (C=O) groups excluding carboxylic acids is 1. The predicted molar refractivity (Wildman–Crippen MR) is 69.3 cm³/mol. The van der Waals surface area contributed by atoms with E-state index >= 15 is 0 Å². The Morgan fingerprint density at radius 3 is 2.20 bits per heavy atom. The van der Waals surface area contributed by atoms with Crippen molar-refractivity contribution in [2.45, 2.75) is 20.3 Å². The average molecular weight is 285 g/mol. The van der Waals surface area contributed by atoms with Crippen LogP contribution in [0.1, 0.15) is 30.6 Å². The zero-order chi connectivity index (χ0) is 15.3. The van der Waals surface area contributed by atoms with Crippen LogP contribution >= 0.6 is 0 Å². The van der Waals surface area contributed by atoms with Crippen molar-refractivity contribution in [1.29, 1.82) is 0 Å². The van der Waals surface area contributed by atoms with Crippen molar-refractivity contribution >= 4 is 11.9 Å². The molecule has 1 amide bonds. The van der Waals surface area contributed by atoms with Crippen LogP contribution in [0, 0.1) is 23.5 Å². The fraction of sp³-hybridized carbons (Fsp3) is 0.429. The summed E-state index contributed by atoms with van der Waals surface area (Å²) in [5.41, 5.74) is -0.170. The van der Waals surface area contributed by atoms with E-state index in [1.807, 2.05) is 13.8 Å². The Morgan fingerprint density at radius 1 is 1.20 bits per heavy atom. The van der Waals surface area contributed by atoms with Gasteiger partial charge in [0.1, 0.15) is 11.6 Å². The molecule has 0 saturated heterocycles. The van der Waals surface area contributed by atoms with Gasteiger partial charge in [-0.25, -0.2) is 8.78 Å². The molecule has 1 rings (SSSR count). The SMILES string of the molecule is CC(C)CC(CNC(=O)c1cc(F)cc(F)c1)C(=O)O. The van der Waals surface area contributed by atoms with Gasteiger partial charge in [-0.15, -0.1) is 0 Å². The lowest BCUT2D eigenvalue weighted by Gasteiger charge is -2.15. The number of aliphatic carboxylic acids is 1. The minimum absolute atomic E-state index is 0.0789. The van der Waals surface area contributed by atoms with Gasteiger partial charge in [-0.3, -0.25) is 9.59 Å². The summed E-state index contributed by atoms with van der Waals surface area (Å²) < 4.78 is 25.9. The topological polar surface area (TPSA) is 66.4 Å². The maximum Gasteiger partial charge on any atom is 0.308 e. The van der Waals surface area contributed by atoms with E-state index in [4.69, 9.17) is 5.11 Å². The summed E-state index contributed by atoms with van der Waals surface area (Å²) in [5.74, 6) is -3.97. The maximum atomic E-state index is 13.0. The number of carboxylic acids is 1. The third-order valence-electron chi connectivity index (χ3n) is 2.74. The highest BCUT2D eigenvalue weighted by Gasteiger charge is 2.20. The summed E-state index contributed by atoms with van der Waals surface area (Å²) in [6.45, 7) is 3.67. The van der Waals surface area contributed by atoms with E-state index in [2.05, 4.69) is 5.32 Å². The molecule has 2 N–H and O–H groups in total. The van der Waals surface area contributed by atoms with Crippen LogP contribution in [-0.2, 0) is 4.79 Å². The van der Waals surface area contributed by atoms with Gasteiger partial charge in [0.15, 0.2) is 0 Å². The van der Waals surface area contributed by atoms with E-state index in [1.54, 1.807) is 0 Å². The molecule has 0 aliphatic heterocycles. The third kappa shape index (κ3) is 4.95. The van der Waals surface area contributed by atoms with Crippen molar-refractivity contribution in [2.75, 3.05) is 6.54 Å². The van der Waals surface area contributed by atoms with Crippen LogP contribution in [0.5, 0.6) is 0 Å². The maximum absolute atomic E-state index is 13.0. The number of benzene rings is 1. The van der Waals surface area contributed by atoms with E-state index in [1.165, 1.54) is 0 Å². The predicted octanol–water partition coefficient (Wildman–Crippen LogP) is 2.44. The summed E-state index contributed by atoms with van der Waals surface area (Å²) in [6, 6.07) is 2.46. The smallest absolute Gasteiger partial charge is 0.308 e. The number of rotatable bonds is 6. The molecule has 4 nitrogen and oxygen atoms in total. The number of hydrogen-bond donors (Lipinski definition) is 2. The van der Waals surface area contributed by atoms with Crippen LogP contribution in [0.3, 0.4) is 0 Å². The molecule has 0 bridgehead atoms. The first-order valence-corrected chi connectivity index (χ1v) is 6.26. The first-order chi connectivity index (χ1) is 9.29. The Morgan fingerprint density at radius 2 is 1.75 bits per heavy atom. The minimum Gasteiger partial charge on any atom is -0.481 e. The molecule has 20 heavy (non-hydrogen) atoms. The second-order valence-electron chi connectivity index (χ2n) is 5.03. The Balaban J connectivity index is 2.67. The lowest BCUT2D eigenvalue weighted by Crippen LogP contribution is -2.33. The first-order valence-electron chi connectivity index (χ1n) is 6.26. The van der Waals surface area contributed by atoms with Crippen LogP contribution in [0.4, 0.5) is 8.78 Å². The fourth-order valence-corrected chi connectivity index (χ4v) is 1.84. The standard InChI is InChI=1S/C14H17F2NO3/c1-8(2)3-10(14(19)20)7-17-13(18)9-4-11(15)6-12(16)5-9/h4-6,8,10H,3,7H2,1-2H3,(H,17,18)(H,19,20). The van der Waals surface area contributed by atoms with Crippen LogP contribution in [-0.4, -0.2) is 23.5 Å². The van der Waals surface area contributed by atoms with Gasteiger partial charge in [0.25, 0.3) is 5.91 Å². The molecule has 0 heterocycles. The molecular formula is C14H17F2NO3. The molecule has 1 atom stereocenters. The van der Waals surface area contributed by atoms with Crippen molar-refractivity contribution in [1.82, 2.24) is 5.32 Å². The lowest BCUT2D eigenvalue weighted by molar-refractivity contribution is -0.142. The van der Waals surface area contributed by atoms with Crippen LogP contribution in [0.25, 0.3) is 0 Å². The highest BCUT2D eigenvalue weighted by molar-refractivity contribution is 5.94. The summed E-state index contributed by atoms with van der Waals surface area (Å²) in [6.07, 6.45) is 0.410. The van der Waals surface area contributed by atoms with Gasteiger partial charge in [0.05, 0.1) is 5.92 Å². The van der Waals surface area contributed by atoms with E-state index in [0.29, 0.717) is 12.5 Å². The van der Waals surface area contributed by atoms with Crippen molar-refractivity contribution in [2.24, 2.45) is 11.8 Å². The molecule has 1 aromatic rings. The summed E-state index contributed by atoms with van der Waals surface area (Å²) in [4.78, 5) is 22.7. The Bertz CT molecular complexity index is 483. The molecule has 0 saturated carbocycles. The van der Waals surface area contributed by atoms with Crippen LogP contribution in [0.15, 0.2) is 18.2 Å². The highest BCUT2D eigenvalue weighted by Crippen LogP contribution is 2.12. The van der Waals surface area contributed by atoms with E-state index < -0.39 is 29.4 Å². The molecule has 110 valence electrons. The Kier molecular flexibility index (Phi) is 5.61. The van der Waals surface area contributed by atoms with Gasteiger partial charge >= 0.3 is 5.97 Å². The first kappa shape index (κ1) is 16.1. The molecule has 0 radical (unpaired) electrons. The van der Waals surface area contributed by atoms with Gasteiger partial charge in [-0.2, -0.15) is 0 Å². The largest absolute Gasteiger partial charge is 0.481 e. The molecule has 6 heteroatoms. The van der Waals surface area contributed by atoms with Gasteiger partial charge in [0.2, 0.25) is 0 Å². The number of nitrogens with one attached hydrogen (secondary N) is 1. The number of carboxylic acid groups (broad SMARTS) is 1. The molecule has 1 unspecified atom stereocenters. The normalized spacial score (nSPS) is 12.2. The molecular weight excluding hydrogens is 268 g/mol. The second-order valence-corrected chi connectivity index (χ2v) is 5.03. The minimum atomic E-state index is -1.01. The summed E-state index contributed by atoms with van der Waals surface area (Å²) in [5, 5.41) is 11.4. The summed E-state index contributed by atoms with van der Waals surface area (Å²) in [7, 11) is 0. The zero-order valence-corrected chi connectivity index (χ0v) is 11.3. The number of amides is 1. The fourth-order valence-electron chi connectivity index (χ4n) is 1.84.